The van der Waals surface area contributed by atoms with Gasteiger partial charge in [-0.05, 0) is 0 Å². The average Bonchev–Trinajstić information content (AvgIpc) is 2.09. The monoisotopic (exact) mass is 374 g/mol. The summed E-state index contributed by atoms with van der Waals surface area (Å²) in [5.74, 6) is -2.32. The van der Waals surface area contributed by atoms with Crippen LogP contribution in [0.3, 0.4) is 0 Å². The summed E-state index contributed by atoms with van der Waals surface area (Å²) >= 11 is 0. The van der Waals surface area contributed by atoms with E-state index < -0.39 is 55.9 Å². The molecule has 20 heavy (non-hydrogen) atoms. The highest BCUT2D eigenvalue weighted by Gasteiger charge is 2.29. The molecule has 0 radical (unpaired) electrons. The maximum Gasteiger partial charge on any atom is 0.390 e. The highest BCUT2D eigenvalue weighted by atomic mass is 35.7. The van der Waals surface area contributed by atoms with E-state index in [0.717, 1.165) is 0 Å². The van der Waals surface area contributed by atoms with Gasteiger partial charge in [0.1, 0.15) is 0 Å². The van der Waals surface area contributed by atoms with Gasteiger partial charge in [0.15, 0.2) is 0 Å². The Hall–Kier alpha value is -0.270. The van der Waals surface area contributed by atoms with Crippen molar-refractivity contribution in [2.24, 2.45) is 0 Å². The number of halogens is 7. The molecule has 0 fully saturated rings. The van der Waals surface area contributed by atoms with Crippen LogP contribution >= 0.6 is 10.7 Å². The Labute approximate surface area is 115 Å². The molecule has 0 heterocycles. The zero-order valence-corrected chi connectivity index (χ0v) is 11.8. The van der Waals surface area contributed by atoms with E-state index >= 15 is 0 Å². The summed E-state index contributed by atoms with van der Waals surface area (Å²) in [7, 11) is -3.97. The van der Waals surface area contributed by atoms with Crippen LogP contribution in [-0.4, -0.2) is 45.2 Å². The molecule has 0 atom stereocenters. The molecule has 0 aromatic rings. The van der Waals surface area contributed by atoms with Gasteiger partial charge < -0.3 is 0 Å². The van der Waals surface area contributed by atoms with Crippen molar-refractivity contribution in [3.8, 4) is 0 Å². The van der Waals surface area contributed by atoms with Crippen molar-refractivity contribution >= 4 is 29.9 Å². The largest absolute Gasteiger partial charge is 0.390 e. The van der Waals surface area contributed by atoms with E-state index in [1.165, 1.54) is 0 Å². The number of rotatable bonds is 4. The minimum absolute atomic E-state index is 1.06. The molecule has 0 amide bonds. The molecule has 0 saturated heterocycles. The molecule has 124 valence electrons. The maximum absolute atomic E-state index is 11.3. The van der Waals surface area contributed by atoms with Gasteiger partial charge in [-0.3, -0.25) is 4.55 Å². The molecule has 1 N–H and O–H groups in total. The molecule has 0 bridgehead atoms. The van der Waals surface area contributed by atoms with Crippen molar-refractivity contribution < 1.29 is 47.7 Å². The fourth-order valence-electron chi connectivity index (χ4n) is 0.482. The van der Waals surface area contributed by atoms with E-state index in [4.69, 9.17) is 4.55 Å². The van der Waals surface area contributed by atoms with Crippen LogP contribution in [0.15, 0.2) is 0 Å². The second-order valence-corrected chi connectivity index (χ2v) is 7.73. The van der Waals surface area contributed by atoms with Crippen molar-refractivity contribution in [2.45, 2.75) is 25.2 Å². The van der Waals surface area contributed by atoms with Crippen LogP contribution < -0.4 is 0 Å². The predicted octanol–water partition coefficient (Wildman–Crippen LogP) is 2.33. The molecule has 0 aromatic heterocycles. The normalized spacial score (nSPS) is 13.6. The minimum Gasteiger partial charge on any atom is -0.286 e. The second-order valence-electron chi connectivity index (χ2n) is 3.26. The highest BCUT2D eigenvalue weighted by Crippen LogP contribution is 2.21. The van der Waals surface area contributed by atoms with Crippen molar-refractivity contribution in [2.75, 3.05) is 11.5 Å². The first kappa shape index (κ1) is 22.0. The van der Waals surface area contributed by atoms with Crippen LogP contribution in [0.4, 0.5) is 26.3 Å². The van der Waals surface area contributed by atoms with E-state index in [0.29, 0.717) is 0 Å². The molecule has 14 heteroatoms. The standard InChI is InChI=1S/C3H4ClF3O2S.C3H5F3O3S/c4-10(8,9)2-1-3(5,6)7;4-3(5,6)1-2-10(7,8)9/h1-2H2;1-2H2,(H,7,8,9). The lowest BCUT2D eigenvalue weighted by Crippen LogP contribution is -2.15. The highest BCUT2D eigenvalue weighted by molar-refractivity contribution is 8.13. The summed E-state index contributed by atoms with van der Waals surface area (Å²) in [5, 5.41) is 0. The second kappa shape index (κ2) is 7.66. The van der Waals surface area contributed by atoms with Crippen LogP contribution in [0, 0.1) is 0 Å². The van der Waals surface area contributed by atoms with Crippen LogP contribution in [0.5, 0.6) is 0 Å². The van der Waals surface area contributed by atoms with E-state index in [1.807, 2.05) is 0 Å². The Kier molecular flexibility index (Phi) is 8.43. The molecule has 5 nitrogen and oxygen atoms in total. The molecule has 0 saturated carbocycles. The van der Waals surface area contributed by atoms with Crippen molar-refractivity contribution in [3.05, 3.63) is 0 Å². The summed E-state index contributed by atoms with van der Waals surface area (Å²) in [5.41, 5.74) is 0. The maximum atomic E-state index is 11.3. The number of alkyl halides is 6. The molecule has 0 aliphatic heterocycles. The third-order valence-electron chi connectivity index (χ3n) is 1.27. The Morgan fingerprint density at radius 1 is 0.800 bits per heavy atom. The van der Waals surface area contributed by atoms with Gasteiger partial charge in [-0.1, -0.05) is 0 Å². The topological polar surface area (TPSA) is 88.5 Å². The van der Waals surface area contributed by atoms with E-state index in [-0.39, 0.29) is 0 Å². The summed E-state index contributed by atoms with van der Waals surface area (Å²) < 4.78 is 115. The fraction of sp³-hybridized carbons (Fsp3) is 1.00. The molecule has 0 aromatic carbocycles. The summed E-state index contributed by atoms with van der Waals surface area (Å²) in [6.45, 7) is 0. The van der Waals surface area contributed by atoms with Gasteiger partial charge in [0, 0.05) is 10.7 Å². The third kappa shape index (κ3) is 26.3. The summed E-state index contributed by atoms with van der Waals surface area (Å²) in [6.07, 6.45) is -11.9. The molecular weight excluding hydrogens is 366 g/mol. The Morgan fingerprint density at radius 2 is 1.10 bits per heavy atom. The summed E-state index contributed by atoms with van der Waals surface area (Å²) in [6, 6.07) is 0. The first-order chi connectivity index (χ1) is 8.41. The van der Waals surface area contributed by atoms with Gasteiger partial charge in [-0.15, -0.1) is 0 Å². The number of hydrogen-bond donors (Lipinski definition) is 1. The van der Waals surface area contributed by atoms with Crippen molar-refractivity contribution in [1.82, 2.24) is 0 Å². The molecule has 0 unspecified atom stereocenters. The van der Waals surface area contributed by atoms with Gasteiger partial charge in [-0.25, -0.2) is 8.42 Å². The number of hydrogen-bond acceptors (Lipinski definition) is 4. The Balaban J connectivity index is 0. The Morgan fingerprint density at radius 3 is 1.20 bits per heavy atom. The fourth-order valence-corrected chi connectivity index (χ4v) is 1.68. The Bertz CT molecular complexity index is 433. The molecule has 0 rings (SSSR count). The van der Waals surface area contributed by atoms with Crippen LogP contribution in [0.1, 0.15) is 12.8 Å². The zero-order chi connectivity index (χ0) is 16.8. The predicted molar refractivity (Wildman–Crippen MR) is 57.4 cm³/mol. The zero-order valence-electron chi connectivity index (χ0n) is 9.37. The van der Waals surface area contributed by atoms with E-state index in [2.05, 4.69) is 10.7 Å². The van der Waals surface area contributed by atoms with Crippen molar-refractivity contribution in [1.29, 1.82) is 0 Å². The van der Waals surface area contributed by atoms with Gasteiger partial charge in [0.25, 0.3) is 10.1 Å². The van der Waals surface area contributed by atoms with Crippen LogP contribution in [-0.2, 0) is 19.2 Å². The third-order valence-corrected chi connectivity index (χ3v) is 3.15. The molecule has 0 aliphatic carbocycles. The first-order valence-electron chi connectivity index (χ1n) is 4.42. The van der Waals surface area contributed by atoms with E-state index in [1.54, 1.807) is 0 Å². The summed E-state index contributed by atoms with van der Waals surface area (Å²) in [4.78, 5) is 0. The average molecular weight is 375 g/mol. The first-order valence-corrected chi connectivity index (χ1v) is 8.51. The van der Waals surface area contributed by atoms with E-state index in [9.17, 15) is 43.2 Å². The van der Waals surface area contributed by atoms with Crippen LogP contribution in [0.2, 0.25) is 0 Å². The van der Waals surface area contributed by atoms with Crippen LogP contribution in [0.25, 0.3) is 0 Å². The lowest BCUT2D eigenvalue weighted by atomic mass is 10.5. The van der Waals surface area contributed by atoms with Gasteiger partial charge >= 0.3 is 12.4 Å². The smallest absolute Gasteiger partial charge is 0.286 e. The minimum atomic E-state index is -4.53. The molecule has 0 aliphatic rings. The molecule has 0 spiro atoms. The lowest BCUT2D eigenvalue weighted by molar-refractivity contribution is -0.130. The van der Waals surface area contributed by atoms with Crippen molar-refractivity contribution in [3.63, 3.8) is 0 Å². The molecular formula is C6H9ClF6O5S2. The SMILES string of the molecule is O=S(=O)(Cl)CCC(F)(F)F.O=S(=O)(O)CCC(F)(F)F. The van der Waals surface area contributed by atoms with Gasteiger partial charge in [0.05, 0.1) is 24.3 Å². The lowest BCUT2D eigenvalue weighted by Gasteiger charge is -2.02. The van der Waals surface area contributed by atoms with Gasteiger partial charge in [-0.2, -0.15) is 34.8 Å². The van der Waals surface area contributed by atoms with Gasteiger partial charge in [0.2, 0.25) is 9.05 Å². The quantitative estimate of drug-likeness (QED) is 0.463.